The normalized spacial score (nSPS) is 11.9. The molecule has 4 heterocycles. The van der Waals surface area contributed by atoms with Crippen LogP contribution in [0.15, 0.2) is 534 Å². The second-order valence-corrected chi connectivity index (χ2v) is 38.4. The molecule has 30 rings (SSSR count). The van der Waals surface area contributed by atoms with Gasteiger partial charge in [0.15, 0.2) is 0 Å². The van der Waals surface area contributed by atoms with Crippen molar-refractivity contribution in [1.82, 2.24) is 18.3 Å². The van der Waals surface area contributed by atoms with Crippen molar-refractivity contribution in [3.05, 3.63) is 534 Å². The zero-order chi connectivity index (χ0) is 94.6. The predicted octanol–water partition coefficient (Wildman–Crippen LogP) is 38.3. The zero-order valence-electron chi connectivity index (χ0n) is 78.6. The van der Waals surface area contributed by atoms with Crippen molar-refractivity contribution < 1.29 is 0 Å². The maximum Gasteiger partial charge on any atom is 0.0541 e. The van der Waals surface area contributed by atoms with E-state index in [9.17, 15) is 0 Å². The van der Waals surface area contributed by atoms with Gasteiger partial charge in [-0.05, 0) is 309 Å². The first kappa shape index (κ1) is 82.1. The fraction of sp³-hybridized carbons (Fsp3) is 0. The highest BCUT2D eigenvalue weighted by molar-refractivity contribution is 6.35. The van der Waals surface area contributed by atoms with E-state index < -0.39 is 0 Å². The molecule has 0 fully saturated rings. The lowest BCUT2D eigenvalue weighted by Gasteiger charge is -2.17. The first-order valence-electron chi connectivity index (χ1n) is 49.8. The van der Waals surface area contributed by atoms with Crippen LogP contribution in [0.3, 0.4) is 0 Å². The number of nitrogens with zero attached hydrogens (tertiary/aromatic N) is 4. The van der Waals surface area contributed by atoms with Gasteiger partial charge in [0.25, 0.3) is 0 Å². The fourth-order valence-corrected chi connectivity index (χ4v) is 23.9. The molecule has 0 atom stereocenters. The summed E-state index contributed by atoms with van der Waals surface area (Å²) in [7, 11) is 0. The maximum atomic E-state index is 2.45. The van der Waals surface area contributed by atoms with Gasteiger partial charge in [0.2, 0.25) is 0 Å². The standard InChI is InChI=1S/2C70H44N2/c1-2-15-45(16-3-1)46-29-31-47(32-30-46)48-33-37-52(38-34-48)71-66-27-12-10-23-58(66)63-42-49(35-39-68(63)71)50-36-40-69-64(43-50)59-24-11-13-28-67(59)72(69)53-18-14-17-51(41-53)62-44-65-56-21-5-4-19-54(56)55-20-6-8-25-60(55)70(65)61-26-9-7-22-57(61)62;1-2-14-45(15-3-1)46-26-28-47(29-27-46)48-30-36-52(37-31-48)71-66-24-12-10-20-58(66)63-42-50(34-40-68(63)71)51-35-41-69-64(43-51)59-21-11-13-25-67(59)72(69)53-38-32-49(33-39-53)62-44-65-56-18-5-4-16-54(56)55-17-6-8-22-60(55)70(65)61-23-9-7-19-57(61)62/h2*1-44H. The molecule has 26 aromatic carbocycles. The Kier molecular flexibility index (Phi) is 19.0. The quantitative estimate of drug-likeness (QED) is 0.109. The van der Waals surface area contributed by atoms with E-state index >= 15 is 0 Å². The number of benzene rings is 26. The number of hydrogen-bond acceptors (Lipinski definition) is 0. The third kappa shape index (κ3) is 13.3. The number of para-hydroxylation sites is 4. The molecular formula is C140H88N4. The van der Waals surface area contributed by atoms with Gasteiger partial charge in [-0.1, -0.05) is 400 Å². The van der Waals surface area contributed by atoms with Crippen molar-refractivity contribution >= 4 is 173 Å². The molecular weight excluding hydrogens is 1740 g/mol. The van der Waals surface area contributed by atoms with E-state index in [1.807, 2.05) is 0 Å². The molecule has 0 aliphatic carbocycles. The van der Waals surface area contributed by atoms with E-state index in [-0.39, 0.29) is 0 Å². The van der Waals surface area contributed by atoms with Crippen molar-refractivity contribution in [2.45, 2.75) is 0 Å². The van der Waals surface area contributed by atoms with Crippen LogP contribution in [0.2, 0.25) is 0 Å². The molecule has 0 aliphatic rings. The van der Waals surface area contributed by atoms with Gasteiger partial charge in [0, 0.05) is 65.8 Å². The molecule has 0 radical (unpaired) electrons. The van der Waals surface area contributed by atoms with Crippen molar-refractivity contribution in [2.24, 2.45) is 0 Å². The van der Waals surface area contributed by atoms with Crippen LogP contribution in [0.4, 0.5) is 0 Å². The summed E-state index contributed by atoms with van der Waals surface area (Å²) in [5.74, 6) is 0. The van der Waals surface area contributed by atoms with Gasteiger partial charge >= 0.3 is 0 Å². The summed E-state index contributed by atoms with van der Waals surface area (Å²) in [6, 6.07) is 197. The summed E-state index contributed by atoms with van der Waals surface area (Å²) in [5, 5.41) is 30.5. The van der Waals surface area contributed by atoms with Crippen molar-refractivity contribution in [3.63, 3.8) is 0 Å². The minimum Gasteiger partial charge on any atom is -0.309 e. The first-order valence-corrected chi connectivity index (χ1v) is 49.8. The van der Waals surface area contributed by atoms with Gasteiger partial charge in [0.05, 0.1) is 44.1 Å². The predicted molar refractivity (Wildman–Crippen MR) is 614 cm³/mol. The highest BCUT2D eigenvalue weighted by atomic mass is 15.0. The first-order chi connectivity index (χ1) is 71.4. The Bertz CT molecular complexity index is 10500. The van der Waals surface area contributed by atoms with Gasteiger partial charge in [-0.2, -0.15) is 0 Å². The van der Waals surface area contributed by atoms with Crippen LogP contribution in [0, 0.1) is 0 Å². The average molecular weight is 1830 g/mol. The minimum atomic E-state index is 1.14. The molecule has 0 spiro atoms. The smallest absolute Gasteiger partial charge is 0.0541 e. The summed E-state index contributed by atoms with van der Waals surface area (Å²) < 4.78 is 9.70. The van der Waals surface area contributed by atoms with E-state index in [2.05, 4.69) is 552 Å². The lowest BCUT2D eigenvalue weighted by molar-refractivity contribution is 1.18. The van der Waals surface area contributed by atoms with Gasteiger partial charge in [-0.25, -0.2) is 0 Å². The van der Waals surface area contributed by atoms with Crippen LogP contribution < -0.4 is 0 Å². The zero-order valence-corrected chi connectivity index (χ0v) is 78.6. The number of hydrogen-bond donors (Lipinski definition) is 0. The molecule has 668 valence electrons. The monoisotopic (exact) mass is 1820 g/mol. The van der Waals surface area contributed by atoms with E-state index in [4.69, 9.17) is 0 Å². The highest BCUT2D eigenvalue weighted by Crippen LogP contribution is 2.49. The molecule has 0 aliphatic heterocycles. The summed E-state index contributed by atoms with van der Waals surface area (Å²) in [5.41, 5.74) is 33.5. The molecule has 0 N–H and O–H groups in total. The van der Waals surface area contributed by atoms with Gasteiger partial charge in [-0.15, -0.1) is 0 Å². The molecule has 0 saturated carbocycles. The summed E-state index contributed by atoms with van der Waals surface area (Å²) >= 11 is 0. The Labute approximate surface area is 831 Å². The van der Waals surface area contributed by atoms with E-state index in [1.165, 1.54) is 262 Å². The van der Waals surface area contributed by atoms with Gasteiger partial charge < -0.3 is 18.3 Å². The second-order valence-electron chi connectivity index (χ2n) is 38.4. The lowest BCUT2D eigenvalue weighted by atomic mass is 9.87. The molecule has 30 aromatic rings. The third-order valence-electron chi connectivity index (χ3n) is 30.6. The minimum absolute atomic E-state index is 1.14. The number of fused-ring (bicyclic) bond motifs is 28. The maximum absolute atomic E-state index is 2.45. The average Bonchev–Trinajstić information content (AvgIpc) is 1.30. The molecule has 0 saturated heterocycles. The Morgan fingerprint density at radius 3 is 0.604 bits per heavy atom. The molecule has 4 heteroatoms. The van der Waals surface area contributed by atoms with Crippen LogP contribution in [-0.4, -0.2) is 18.3 Å². The fourth-order valence-electron chi connectivity index (χ4n) is 23.9. The Morgan fingerprint density at radius 2 is 0.292 bits per heavy atom. The molecule has 0 amide bonds. The van der Waals surface area contributed by atoms with E-state index in [1.54, 1.807) is 0 Å². The van der Waals surface area contributed by atoms with Crippen molar-refractivity contribution in [1.29, 1.82) is 0 Å². The van der Waals surface area contributed by atoms with Crippen LogP contribution in [0.1, 0.15) is 0 Å². The molecule has 4 aromatic heterocycles. The van der Waals surface area contributed by atoms with Crippen LogP contribution in [0.5, 0.6) is 0 Å². The van der Waals surface area contributed by atoms with Gasteiger partial charge in [0.1, 0.15) is 0 Å². The molecule has 144 heavy (non-hydrogen) atoms. The summed E-state index contributed by atoms with van der Waals surface area (Å²) in [6.07, 6.45) is 0. The summed E-state index contributed by atoms with van der Waals surface area (Å²) in [4.78, 5) is 0. The number of rotatable bonds is 12. The molecule has 0 bridgehead atoms. The SMILES string of the molecule is c1ccc(-c2ccc(-c3ccc(-n4c5ccccc5c5cc(-c6ccc7c(c6)c6ccccc6n7-c6ccc(-c7cc8c9ccccc9c9ccccc9c8c8ccccc78)cc6)ccc54)cc3)cc2)cc1.c1ccc(-c2ccc(-c3ccc(-n4c5ccccc5c5cc(-c6ccc7c(c6)c6ccccc6n7-c6cccc(-c7cc8c9ccccc9c9ccccc9c8c8ccccc78)c6)ccc54)cc3)cc2)cc1. The Balaban J connectivity index is 0.000000137. The van der Waals surface area contributed by atoms with E-state index in [0.717, 1.165) is 22.7 Å². The molecule has 0 unspecified atom stereocenters. The summed E-state index contributed by atoms with van der Waals surface area (Å²) in [6.45, 7) is 0. The van der Waals surface area contributed by atoms with Gasteiger partial charge in [-0.3, -0.25) is 0 Å². The Hall–Kier alpha value is -19.0. The topological polar surface area (TPSA) is 19.7 Å². The number of aromatic nitrogens is 4. The van der Waals surface area contributed by atoms with Crippen molar-refractivity contribution in [3.8, 4) is 112 Å². The van der Waals surface area contributed by atoms with Crippen LogP contribution in [-0.2, 0) is 0 Å². The van der Waals surface area contributed by atoms with E-state index in [0.29, 0.717) is 0 Å². The largest absolute Gasteiger partial charge is 0.309 e. The third-order valence-corrected chi connectivity index (χ3v) is 30.6. The highest BCUT2D eigenvalue weighted by Gasteiger charge is 2.25. The Morgan fingerprint density at radius 1 is 0.0903 bits per heavy atom. The molecule has 4 nitrogen and oxygen atoms in total. The van der Waals surface area contributed by atoms with Crippen molar-refractivity contribution in [2.75, 3.05) is 0 Å². The van der Waals surface area contributed by atoms with Crippen LogP contribution in [0.25, 0.3) is 285 Å². The lowest BCUT2D eigenvalue weighted by Crippen LogP contribution is -1.95. The van der Waals surface area contributed by atoms with Crippen LogP contribution >= 0.6 is 0 Å². The second kappa shape index (κ2) is 33.4.